The molecule has 3 heteroatoms. The number of nitrogens with zero attached hydrogens (tertiary/aromatic N) is 1. The van der Waals surface area contributed by atoms with Crippen LogP contribution < -0.4 is 5.73 Å². The lowest BCUT2D eigenvalue weighted by molar-refractivity contribution is -0.129. The molecule has 1 aromatic rings. The Morgan fingerprint density at radius 2 is 2.11 bits per heavy atom. The summed E-state index contributed by atoms with van der Waals surface area (Å²) in [4.78, 5) is 13.9. The Hall–Kier alpha value is -1.35. The second-order valence-electron chi connectivity index (χ2n) is 5.37. The highest BCUT2D eigenvalue weighted by Crippen LogP contribution is 2.28. The van der Waals surface area contributed by atoms with Gasteiger partial charge in [0, 0.05) is 13.0 Å². The highest BCUT2D eigenvalue weighted by molar-refractivity contribution is 5.79. The van der Waals surface area contributed by atoms with E-state index in [4.69, 9.17) is 5.73 Å². The zero-order valence-electron chi connectivity index (χ0n) is 11.4. The molecule has 18 heavy (non-hydrogen) atoms. The lowest BCUT2D eigenvalue weighted by atomic mass is 10.0. The third kappa shape index (κ3) is 2.41. The third-order valence-electron chi connectivity index (χ3n) is 4.05. The van der Waals surface area contributed by atoms with Crippen LogP contribution in [0, 0.1) is 19.8 Å². The summed E-state index contributed by atoms with van der Waals surface area (Å²) in [6.45, 7) is 7.71. The van der Waals surface area contributed by atoms with Crippen LogP contribution in [0.5, 0.6) is 0 Å². The van der Waals surface area contributed by atoms with Gasteiger partial charge < -0.3 is 10.6 Å². The van der Waals surface area contributed by atoms with Gasteiger partial charge in [0.15, 0.2) is 0 Å². The number of amides is 1. The van der Waals surface area contributed by atoms with E-state index in [0.29, 0.717) is 18.9 Å². The van der Waals surface area contributed by atoms with Crippen LogP contribution in [-0.4, -0.2) is 23.9 Å². The summed E-state index contributed by atoms with van der Waals surface area (Å²) in [6.07, 6.45) is 0.603. The molecule has 2 N–H and O–H groups in total. The predicted molar refractivity (Wildman–Crippen MR) is 73.2 cm³/mol. The first-order valence-corrected chi connectivity index (χ1v) is 6.59. The molecule has 0 spiro atoms. The van der Waals surface area contributed by atoms with Crippen LogP contribution in [0.4, 0.5) is 0 Å². The maximum absolute atomic E-state index is 12.0. The summed E-state index contributed by atoms with van der Waals surface area (Å²) in [5.74, 6) is 0.558. The molecule has 0 bridgehead atoms. The molecule has 1 amide bonds. The molecule has 98 valence electrons. The number of rotatable bonds is 3. The molecular formula is C15H22N2O. The quantitative estimate of drug-likeness (QED) is 0.888. The Morgan fingerprint density at radius 1 is 1.39 bits per heavy atom. The fraction of sp³-hybridized carbons (Fsp3) is 0.533. The number of carbonyl (C=O) groups excluding carboxylic acids is 1. The van der Waals surface area contributed by atoms with Gasteiger partial charge in [-0.2, -0.15) is 0 Å². The van der Waals surface area contributed by atoms with Crippen LogP contribution in [0.3, 0.4) is 0 Å². The number of hydrogen-bond donors (Lipinski definition) is 1. The molecule has 1 heterocycles. The summed E-state index contributed by atoms with van der Waals surface area (Å²) >= 11 is 0. The molecule has 0 saturated carbocycles. The van der Waals surface area contributed by atoms with Gasteiger partial charge >= 0.3 is 0 Å². The maximum atomic E-state index is 12.0. The van der Waals surface area contributed by atoms with Crippen molar-refractivity contribution in [3.8, 4) is 0 Å². The van der Waals surface area contributed by atoms with Crippen molar-refractivity contribution in [2.24, 2.45) is 11.7 Å². The van der Waals surface area contributed by atoms with E-state index in [0.717, 1.165) is 6.54 Å². The highest BCUT2D eigenvalue weighted by Gasteiger charge is 2.32. The fourth-order valence-electron chi connectivity index (χ4n) is 2.55. The zero-order valence-corrected chi connectivity index (χ0v) is 11.4. The first kappa shape index (κ1) is 13.1. The molecule has 2 unspecified atom stereocenters. The summed E-state index contributed by atoms with van der Waals surface area (Å²) in [5.41, 5.74) is 9.44. The van der Waals surface area contributed by atoms with E-state index in [1.54, 1.807) is 0 Å². The summed E-state index contributed by atoms with van der Waals surface area (Å²) in [7, 11) is 0. The Labute approximate surface area is 109 Å². The molecule has 1 aromatic carbocycles. The van der Waals surface area contributed by atoms with Crippen LogP contribution >= 0.6 is 0 Å². The smallest absolute Gasteiger partial charge is 0.223 e. The van der Waals surface area contributed by atoms with Gasteiger partial charge in [-0.25, -0.2) is 0 Å². The van der Waals surface area contributed by atoms with Crippen LogP contribution in [0.25, 0.3) is 0 Å². The second kappa shape index (κ2) is 5.11. The summed E-state index contributed by atoms with van der Waals surface area (Å²) in [6, 6.07) is 6.58. The van der Waals surface area contributed by atoms with Gasteiger partial charge in [-0.15, -0.1) is 0 Å². The average molecular weight is 246 g/mol. The van der Waals surface area contributed by atoms with E-state index in [1.807, 2.05) is 4.90 Å². The first-order chi connectivity index (χ1) is 8.52. The molecule has 1 saturated heterocycles. The van der Waals surface area contributed by atoms with Gasteiger partial charge in [0.1, 0.15) is 0 Å². The lowest BCUT2D eigenvalue weighted by Crippen LogP contribution is -2.29. The van der Waals surface area contributed by atoms with E-state index in [-0.39, 0.29) is 11.9 Å². The van der Waals surface area contributed by atoms with Crippen molar-refractivity contribution in [2.75, 3.05) is 13.1 Å². The zero-order chi connectivity index (χ0) is 13.3. The van der Waals surface area contributed by atoms with Crippen molar-refractivity contribution in [1.82, 2.24) is 4.90 Å². The van der Waals surface area contributed by atoms with E-state index in [1.165, 1.54) is 16.7 Å². The van der Waals surface area contributed by atoms with Gasteiger partial charge in [-0.3, -0.25) is 4.79 Å². The molecule has 3 nitrogen and oxygen atoms in total. The van der Waals surface area contributed by atoms with Crippen molar-refractivity contribution >= 4 is 5.91 Å². The number of nitrogens with two attached hydrogens (primary N) is 1. The second-order valence-corrected chi connectivity index (χ2v) is 5.37. The molecule has 1 aliphatic heterocycles. The van der Waals surface area contributed by atoms with E-state index in [9.17, 15) is 4.79 Å². The number of benzene rings is 1. The topological polar surface area (TPSA) is 46.3 Å². The predicted octanol–water partition coefficient (Wildman–Crippen LogP) is 2.17. The highest BCUT2D eigenvalue weighted by atomic mass is 16.2. The minimum absolute atomic E-state index is 0.147. The molecule has 0 radical (unpaired) electrons. The Morgan fingerprint density at radius 3 is 2.67 bits per heavy atom. The number of hydrogen-bond acceptors (Lipinski definition) is 2. The third-order valence-corrected chi connectivity index (χ3v) is 4.05. The largest absolute Gasteiger partial charge is 0.336 e. The van der Waals surface area contributed by atoms with Gasteiger partial charge in [-0.1, -0.05) is 18.2 Å². The number of carbonyl (C=O) groups is 1. The van der Waals surface area contributed by atoms with Crippen LogP contribution in [0.15, 0.2) is 18.2 Å². The van der Waals surface area contributed by atoms with E-state index in [2.05, 4.69) is 39.0 Å². The maximum Gasteiger partial charge on any atom is 0.223 e. The van der Waals surface area contributed by atoms with Crippen LogP contribution in [0.2, 0.25) is 0 Å². The Kier molecular flexibility index (Phi) is 3.71. The number of aryl methyl sites for hydroxylation is 2. The SMILES string of the molecule is Cc1ccc(C(C)N2CC(CN)CC2=O)cc1C. The Bertz CT molecular complexity index is 456. The van der Waals surface area contributed by atoms with Crippen LogP contribution in [-0.2, 0) is 4.79 Å². The van der Waals surface area contributed by atoms with E-state index >= 15 is 0 Å². The molecule has 0 aliphatic carbocycles. The van der Waals surface area contributed by atoms with Gasteiger partial charge in [0.2, 0.25) is 5.91 Å². The van der Waals surface area contributed by atoms with Gasteiger partial charge in [0.25, 0.3) is 0 Å². The molecule has 2 atom stereocenters. The van der Waals surface area contributed by atoms with Crippen molar-refractivity contribution in [3.63, 3.8) is 0 Å². The van der Waals surface area contributed by atoms with Crippen molar-refractivity contribution < 1.29 is 4.79 Å². The molecular weight excluding hydrogens is 224 g/mol. The lowest BCUT2D eigenvalue weighted by Gasteiger charge is -2.25. The fourth-order valence-corrected chi connectivity index (χ4v) is 2.55. The standard InChI is InChI=1S/C15H22N2O/c1-10-4-5-14(6-11(10)2)12(3)17-9-13(8-16)7-15(17)18/h4-6,12-13H,7-9,16H2,1-3H3. The van der Waals surface area contributed by atoms with E-state index < -0.39 is 0 Å². The van der Waals surface area contributed by atoms with Crippen molar-refractivity contribution in [1.29, 1.82) is 0 Å². The average Bonchev–Trinajstić information content (AvgIpc) is 2.73. The Balaban J connectivity index is 2.18. The van der Waals surface area contributed by atoms with Gasteiger partial charge in [-0.05, 0) is 49.9 Å². The summed E-state index contributed by atoms with van der Waals surface area (Å²) < 4.78 is 0. The minimum Gasteiger partial charge on any atom is -0.336 e. The van der Waals surface area contributed by atoms with Crippen molar-refractivity contribution in [3.05, 3.63) is 34.9 Å². The molecule has 0 aromatic heterocycles. The van der Waals surface area contributed by atoms with Crippen molar-refractivity contribution in [2.45, 2.75) is 33.2 Å². The monoisotopic (exact) mass is 246 g/mol. The first-order valence-electron chi connectivity index (χ1n) is 6.59. The normalized spacial score (nSPS) is 21.4. The molecule has 1 aliphatic rings. The van der Waals surface area contributed by atoms with Crippen LogP contribution in [0.1, 0.15) is 36.1 Å². The molecule has 2 rings (SSSR count). The molecule has 1 fully saturated rings. The summed E-state index contributed by atoms with van der Waals surface area (Å²) in [5, 5.41) is 0. The minimum atomic E-state index is 0.147. The number of likely N-dealkylation sites (tertiary alicyclic amines) is 1. The van der Waals surface area contributed by atoms with Gasteiger partial charge in [0.05, 0.1) is 6.04 Å².